The molecule has 19 heavy (non-hydrogen) atoms. The molecule has 4 nitrogen and oxygen atoms in total. The summed E-state index contributed by atoms with van der Waals surface area (Å²) in [5, 5.41) is 10.5. The smallest absolute Gasteiger partial charge is 0.235 e. The molecule has 1 aliphatic rings. The van der Waals surface area contributed by atoms with Crippen LogP contribution in [0.25, 0.3) is 10.9 Å². The predicted octanol–water partition coefficient (Wildman–Crippen LogP) is 1.91. The SMILES string of the molecule is CN(C(=O)C1(CO)CC1)c1cn(C)c2ccccc12. The van der Waals surface area contributed by atoms with Crippen LogP contribution in [0.15, 0.2) is 30.5 Å². The van der Waals surface area contributed by atoms with Gasteiger partial charge in [0.1, 0.15) is 0 Å². The highest BCUT2D eigenvalue weighted by atomic mass is 16.3. The molecular weight excluding hydrogens is 240 g/mol. The Morgan fingerprint density at radius 2 is 2.11 bits per heavy atom. The molecule has 0 saturated heterocycles. The van der Waals surface area contributed by atoms with Gasteiger partial charge in [0.2, 0.25) is 5.91 Å². The number of hydrogen-bond acceptors (Lipinski definition) is 2. The Morgan fingerprint density at radius 1 is 1.42 bits per heavy atom. The molecule has 2 aromatic rings. The Morgan fingerprint density at radius 3 is 2.74 bits per heavy atom. The fourth-order valence-corrected chi connectivity index (χ4v) is 2.64. The molecule has 1 aromatic carbocycles. The molecule has 0 spiro atoms. The summed E-state index contributed by atoms with van der Waals surface area (Å²) in [7, 11) is 3.77. The van der Waals surface area contributed by atoms with E-state index in [1.165, 1.54) is 0 Å². The van der Waals surface area contributed by atoms with Gasteiger partial charge in [-0.3, -0.25) is 4.79 Å². The molecule has 1 fully saturated rings. The van der Waals surface area contributed by atoms with Crippen LogP contribution in [0.1, 0.15) is 12.8 Å². The monoisotopic (exact) mass is 258 g/mol. The molecule has 3 rings (SSSR count). The number of carbonyl (C=O) groups is 1. The highest BCUT2D eigenvalue weighted by Crippen LogP contribution is 2.47. The van der Waals surface area contributed by atoms with E-state index in [-0.39, 0.29) is 12.5 Å². The van der Waals surface area contributed by atoms with E-state index in [1.54, 1.807) is 11.9 Å². The number of aromatic nitrogens is 1. The summed E-state index contributed by atoms with van der Waals surface area (Å²) < 4.78 is 2.02. The average Bonchev–Trinajstić information content (AvgIpc) is 3.17. The van der Waals surface area contributed by atoms with E-state index < -0.39 is 5.41 Å². The van der Waals surface area contributed by atoms with Gasteiger partial charge in [0.05, 0.1) is 17.7 Å². The Bertz CT molecular complexity index is 641. The van der Waals surface area contributed by atoms with Gasteiger partial charge < -0.3 is 14.6 Å². The zero-order chi connectivity index (χ0) is 13.6. The van der Waals surface area contributed by atoms with Crippen molar-refractivity contribution >= 4 is 22.5 Å². The number of aliphatic hydroxyl groups is 1. The molecule has 1 saturated carbocycles. The van der Waals surface area contributed by atoms with Crippen molar-refractivity contribution in [3.05, 3.63) is 30.5 Å². The van der Waals surface area contributed by atoms with Crippen molar-refractivity contribution in [3.63, 3.8) is 0 Å². The Balaban J connectivity index is 2.03. The van der Waals surface area contributed by atoms with Crippen molar-refractivity contribution in [2.75, 3.05) is 18.6 Å². The average molecular weight is 258 g/mol. The van der Waals surface area contributed by atoms with Crippen LogP contribution < -0.4 is 4.90 Å². The quantitative estimate of drug-likeness (QED) is 0.914. The van der Waals surface area contributed by atoms with Gasteiger partial charge in [-0.25, -0.2) is 0 Å². The number of benzene rings is 1. The third kappa shape index (κ3) is 1.75. The van der Waals surface area contributed by atoms with Crippen molar-refractivity contribution in [1.29, 1.82) is 0 Å². The minimum absolute atomic E-state index is 0.0198. The number of carbonyl (C=O) groups excluding carboxylic acids is 1. The van der Waals surface area contributed by atoms with Gasteiger partial charge in [0.25, 0.3) is 0 Å². The van der Waals surface area contributed by atoms with Crippen LogP contribution in [0, 0.1) is 5.41 Å². The Labute approximate surface area is 112 Å². The maximum Gasteiger partial charge on any atom is 0.235 e. The number of aliphatic hydroxyl groups excluding tert-OH is 1. The van der Waals surface area contributed by atoms with Crippen LogP contribution in [0.4, 0.5) is 5.69 Å². The predicted molar refractivity (Wildman–Crippen MR) is 75.1 cm³/mol. The first-order chi connectivity index (χ1) is 9.09. The van der Waals surface area contributed by atoms with Gasteiger partial charge in [0.15, 0.2) is 0 Å². The lowest BCUT2D eigenvalue weighted by Crippen LogP contribution is -2.35. The highest BCUT2D eigenvalue weighted by molar-refractivity contribution is 6.06. The minimum Gasteiger partial charge on any atom is -0.395 e. The van der Waals surface area contributed by atoms with Gasteiger partial charge in [0, 0.05) is 31.2 Å². The molecule has 0 unspecified atom stereocenters. The number of amides is 1. The van der Waals surface area contributed by atoms with E-state index in [0.717, 1.165) is 29.4 Å². The zero-order valence-electron chi connectivity index (χ0n) is 11.3. The highest BCUT2D eigenvalue weighted by Gasteiger charge is 2.51. The number of para-hydroxylation sites is 1. The lowest BCUT2D eigenvalue weighted by atomic mass is 10.1. The van der Waals surface area contributed by atoms with Gasteiger partial charge in [-0.2, -0.15) is 0 Å². The second kappa shape index (κ2) is 4.10. The summed E-state index contributed by atoms with van der Waals surface area (Å²) in [5.41, 5.74) is 1.49. The summed E-state index contributed by atoms with van der Waals surface area (Å²) >= 11 is 0. The summed E-state index contributed by atoms with van der Waals surface area (Å²) in [4.78, 5) is 14.2. The largest absolute Gasteiger partial charge is 0.395 e. The summed E-state index contributed by atoms with van der Waals surface area (Å²) in [6.45, 7) is -0.0546. The lowest BCUT2D eigenvalue weighted by molar-refractivity contribution is -0.124. The minimum atomic E-state index is -0.522. The van der Waals surface area contributed by atoms with Gasteiger partial charge in [-0.1, -0.05) is 18.2 Å². The molecule has 1 aliphatic carbocycles. The molecule has 1 amide bonds. The second-order valence-corrected chi connectivity index (χ2v) is 5.45. The fourth-order valence-electron chi connectivity index (χ4n) is 2.64. The van der Waals surface area contributed by atoms with Crippen LogP contribution in [0.5, 0.6) is 0 Å². The second-order valence-electron chi connectivity index (χ2n) is 5.45. The number of nitrogens with zero attached hydrogens (tertiary/aromatic N) is 2. The maximum atomic E-state index is 12.5. The molecule has 0 atom stereocenters. The molecule has 1 N–H and O–H groups in total. The summed E-state index contributed by atoms with van der Waals surface area (Å²) in [5.74, 6) is 0.0198. The van der Waals surface area contributed by atoms with Crippen LogP contribution >= 0.6 is 0 Å². The standard InChI is InChI=1S/C15H18N2O2/c1-16-9-13(11-5-3-4-6-12(11)16)17(2)14(19)15(10-18)7-8-15/h3-6,9,18H,7-8,10H2,1-2H3. The molecule has 0 bridgehead atoms. The summed E-state index contributed by atoms with van der Waals surface area (Å²) in [6.07, 6.45) is 3.55. The third-order valence-corrected chi connectivity index (χ3v) is 4.15. The third-order valence-electron chi connectivity index (χ3n) is 4.15. The number of hydrogen-bond donors (Lipinski definition) is 1. The zero-order valence-corrected chi connectivity index (χ0v) is 11.3. The molecule has 1 aromatic heterocycles. The Hall–Kier alpha value is -1.81. The first-order valence-electron chi connectivity index (χ1n) is 6.52. The molecule has 0 radical (unpaired) electrons. The van der Waals surface area contributed by atoms with Crippen molar-refractivity contribution in [3.8, 4) is 0 Å². The topological polar surface area (TPSA) is 45.5 Å². The van der Waals surface area contributed by atoms with E-state index in [0.29, 0.717) is 0 Å². The summed E-state index contributed by atoms with van der Waals surface area (Å²) in [6, 6.07) is 8.02. The van der Waals surface area contributed by atoms with Crippen LogP contribution in [-0.4, -0.2) is 29.2 Å². The van der Waals surface area contributed by atoms with Gasteiger partial charge in [-0.15, -0.1) is 0 Å². The van der Waals surface area contributed by atoms with Crippen molar-refractivity contribution < 1.29 is 9.90 Å². The number of anilines is 1. The van der Waals surface area contributed by atoms with E-state index in [4.69, 9.17) is 0 Å². The van der Waals surface area contributed by atoms with Crippen LogP contribution in [0.2, 0.25) is 0 Å². The van der Waals surface area contributed by atoms with Crippen molar-refractivity contribution in [2.24, 2.45) is 12.5 Å². The van der Waals surface area contributed by atoms with Crippen molar-refractivity contribution in [2.45, 2.75) is 12.8 Å². The van der Waals surface area contributed by atoms with Crippen LogP contribution in [-0.2, 0) is 11.8 Å². The number of aryl methyl sites for hydroxylation is 1. The van der Waals surface area contributed by atoms with Crippen LogP contribution in [0.3, 0.4) is 0 Å². The first-order valence-corrected chi connectivity index (χ1v) is 6.52. The fraction of sp³-hybridized carbons (Fsp3) is 0.400. The van der Waals surface area contributed by atoms with E-state index in [2.05, 4.69) is 0 Å². The van der Waals surface area contributed by atoms with E-state index in [9.17, 15) is 9.90 Å². The molecule has 0 aliphatic heterocycles. The Kier molecular flexibility index (Phi) is 2.64. The van der Waals surface area contributed by atoms with E-state index >= 15 is 0 Å². The lowest BCUT2D eigenvalue weighted by Gasteiger charge is -2.21. The molecule has 1 heterocycles. The maximum absolute atomic E-state index is 12.5. The normalized spacial score (nSPS) is 16.6. The molecular formula is C15H18N2O2. The van der Waals surface area contributed by atoms with Gasteiger partial charge in [-0.05, 0) is 18.9 Å². The van der Waals surface area contributed by atoms with Crippen molar-refractivity contribution in [1.82, 2.24) is 4.57 Å². The number of fused-ring (bicyclic) bond motifs is 1. The molecule has 4 heteroatoms. The molecule has 100 valence electrons. The van der Waals surface area contributed by atoms with E-state index in [1.807, 2.05) is 42.1 Å². The van der Waals surface area contributed by atoms with Gasteiger partial charge >= 0.3 is 0 Å². The number of rotatable bonds is 3. The first kappa shape index (κ1) is 12.2.